The average Bonchev–Trinajstić information content (AvgIpc) is 3.53. The number of aromatic nitrogens is 1. The van der Waals surface area contributed by atoms with E-state index in [2.05, 4.69) is 216 Å². The quantitative estimate of drug-likeness (QED) is 0.169. The minimum atomic E-state index is 1.10. The van der Waals surface area contributed by atoms with Crippen LogP contribution in [0.1, 0.15) is 0 Å². The fraction of sp³-hybridized carbons (Fsp3) is 0. The number of hydrogen-bond acceptors (Lipinski definition) is 1. The van der Waals surface area contributed by atoms with Gasteiger partial charge in [0, 0.05) is 33.5 Å². The smallest absolute Gasteiger partial charge is 0.0562 e. The van der Waals surface area contributed by atoms with Crippen molar-refractivity contribution < 1.29 is 0 Å². The highest BCUT2D eigenvalue weighted by Crippen LogP contribution is 2.43. The Morgan fingerprint density at radius 1 is 0.320 bits per heavy atom. The van der Waals surface area contributed by atoms with Crippen molar-refractivity contribution in [3.63, 3.8) is 0 Å². The molecule has 1 heterocycles. The molecular formula is C48H34N2. The first kappa shape index (κ1) is 29.5. The van der Waals surface area contributed by atoms with E-state index < -0.39 is 0 Å². The fourth-order valence-corrected chi connectivity index (χ4v) is 7.27. The van der Waals surface area contributed by atoms with Crippen molar-refractivity contribution >= 4 is 38.9 Å². The molecular weight excluding hydrogens is 605 g/mol. The van der Waals surface area contributed by atoms with Gasteiger partial charge in [-0.3, -0.25) is 0 Å². The lowest BCUT2D eigenvalue weighted by atomic mass is 9.96. The van der Waals surface area contributed by atoms with E-state index in [0.717, 1.165) is 28.3 Å². The molecule has 0 aliphatic carbocycles. The van der Waals surface area contributed by atoms with Gasteiger partial charge in [-0.15, -0.1) is 0 Å². The van der Waals surface area contributed by atoms with E-state index in [9.17, 15) is 0 Å². The Bertz CT molecular complexity index is 2570. The molecule has 0 saturated carbocycles. The Morgan fingerprint density at radius 3 is 1.54 bits per heavy atom. The topological polar surface area (TPSA) is 8.17 Å². The summed E-state index contributed by atoms with van der Waals surface area (Å²) in [7, 11) is 0. The summed E-state index contributed by atoms with van der Waals surface area (Å²) in [6.45, 7) is 0. The number of para-hydroxylation sites is 2. The fourth-order valence-electron chi connectivity index (χ4n) is 7.27. The van der Waals surface area contributed by atoms with Gasteiger partial charge in [-0.05, 0) is 94.0 Å². The van der Waals surface area contributed by atoms with Crippen molar-refractivity contribution in [3.8, 4) is 39.1 Å². The molecule has 0 saturated heterocycles. The molecule has 0 fully saturated rings. The Balaban J connectivity index is 1.28. The van der Waals surface area contributed by atoms with Gasteiger partial charge in [-0.25, -0.2) is 0 Å². The van der Waals surface area contributed by atoms with Gasteiger partial charge in [0.2, 0.25) is 0 Å². The Morgan fingerprint density at radius 2 is 0.840 bits per heavy atom. The number of rotatable bonds is 7. The van der Waals surface area contributed by atoms with Crippen molar-refractivity contribution in [2.45, 2.75) is 0 Å². The second kappa shape index (κ2) is 12.8. The summed E-state index contributed by atoms with van der Waals surface area (Å²) in [4.78, 5) is 2.36. The third-order valence-electron chi connectivity index (χ3n) is 9.55. The molecule has 0 unspecified atom stereocenters. The number of benzene rings is 8. The molecule has 2 nitrogen and oxygen atoms in total. The first-order valence-electron chi connectivity index (χ1n) is 17.1. The van der Waals surface area contributed by atoms with Crippen LogP contribution >= 0.6 is 0 Å². The zero-order valence-electron chi connectivity index (χ0n) is 27.5. The number of anilines is 3. The molecule has 9 rings (SSSR count). The summed E-state index contributed by atoms with van der Waals surface area (Å²) >= 11 is 0. The van der Waals surface area contributed by atoms with Gasteiger partial charge in [0.15, 0.2) is 0 Å². The van der Waals surface area contributed by atoms with Crippen LogP contribution in [-0.2, 0) is 0 Å². The van der Waals surface area contributed by atoms with Gasteiger partial charge in [-0.2, -0.15) is 0 Å². The van der Waals surface area contributed by atoms with Crippen LogP contribution in [0.3, 0.4) is 0 Å². The number of nitrogens with zero attached hydrogens (tertiary/aromatic N) is 2. The lowest BCUT2D eigenvalue weighted by Crippen LogP contribution is -2.10. The Hall–Kier alpha value is -6.64. The van der Waals surface area contributed by atoms with E-state index in [-0.39, 0.29) is 0 Å². The summed E-state index contributed by atoms with van der Waals surface area (Å²) in [5.41, 5.74) is 14.0. The number of hydrogen-bond donors (Lipinski definition) is 0. The molecule has 0 atom stereocenters. The van der Waals surface area contributed by atoms with Crippen LogP contribution in [-0.4, -0.2) is 4.57 Å². The molecule has 9 aromatic rings. The molecule has 0 N–H and O–H groups in total. The predicted molar refractivity (Wildman–Crippen MR) is 212 cm³/mol. The summed E-state index contributed by atoms with van der Waals surface area (Å²) in [5, 5.41) is 2.47. The average molecular weight is 639 g/mol. The van der Waals surface area contributed by atoms with Gasteiger partial charge < -0.3 is 9.47 Å². The van der Waals surface area contributed by atoms with Crippen molar-refractivity contribution in [3.05, 3.63) is 206 Å². The molecule has 0 amide bonds. The van der Waals surface area contributed by atoms with E-state index in [1.807, 2.05) is 0 Å². The predicted octanol–water partition coefficient (Wildman–Crippen LogP) is 13.3. The molecule has 8 aromatic carbocycles. The van der Waals surface area contributed by atoms with Crippen molar-refractivity contribution in [2.24, 2.45) is 0 Å². The minimum Gasteiger partial charge on any atom is -0.310 e. The third kappa shape index (κ3) is 5.34. The monoisotopic (exact) mass is 638 g/mol. The zero-order valence-corrected chi connectivity index (χ0v) is 27.5. The maximum Gasteiger partial charge on any atom is 0.0562 e. The Labute approximate surface area is 292 Å². The standard InChI is InChI=1S/C48H34N2/c1-5-16-35(17-6-1)37-20-13-22-39(32-37)44-28-15-29-46-48(44)45-31-30-43(34-47(45)50(46)41-25-11-4-12-26-41)49(40-23-9-3-10-24-40)42-27-14-21-38(33-42)36-18-7-2-8-19-36/h1-34H. The largest absolute Gasteiger partial charge is 0.310 e. The van der Waals surface area contributed by atoms with Crippen LogP contribution in [0.25, 0.3) is 60.9 Å². The minimum absolute atomic E-state index is 1.10. The third-order valence-corrected chi connectivity index (χ3v) is 9.55. The maximum atomic E-state index is 2.42. The second-order valence-corrected chi connectivity index (χ2v) is 12.6. The lowest BCUT2D eigenvalue weighted by Gasteiger charge is -2.26. The van der Waals surface area contributed by atoms with Gasteiger partial charge in [0.1, 0.15) is 0 Å². The maximum absolute atomic E-state index is 2.42. The van der Waals surface area contributed by atoms with Crippen LogP contribution < -0.4 is 4.90 Å². The molecule has 0 aliphatic heterocycles. The molecule has 2 heteroatoms. The summed E-state index contributed by atoms with van der Waals surface area (Å²) in [5.74, 6) is 0. The number of fused-ring (bicyclic) bond motifs is 3. The van der Waals surface area contributed by atoms with Gasteiger partial charge in [-0.1, -0.05) is 146 Å². The molecule has 0 aliphatic rings. The molecule has 236 valence electrons. The normalized spacial score (nSPS) is 11.2. The van der Waals surface area contributed by atoms with E-state index in [0.29, 0.717) is 0 Å². The van der Waals surface area contributed by atoms with Crippen molar-refractivity contribution in [1.82, 2.24) is 4.57 Å². The highest BCUT2D eigenvalue weighted by molar-refractivity contribution is 6.16. The van der Waals surface area contributed by atoms with E-state index in [4.69, 9.17) is 0 Å². The van der Waals surface area contributed by atoms with E-state index >= 15 is 0 Å². The van der Waals surface area contributed by atoms with Crippen LogP contribution in [0.5, 0.6) is 0 Å². The first-order valence-corrected chi connectivity index (χ1v) is 17.1. The molecule has 50 heavy (non-hydrogen) atoms. The summed E-state index contributed by atoms with van der Waals surface area (Å²) in [6.07, 6.45) is 0. The molecule has 1 aromatic heterocycles. The highest BCUT2D eigenvalue weighted by Gasteiger charge is 2.20. The van der Waals surface area contributed by atoms with Crippen molar-refractivity contribution in [2.75, 3.05) is 4.90 Å². The molecule has 0 radical (unpaired) electrons. The van der Waals surface area contributed by atoms with Crippen LogP contribution in [0, 0.1) is 0 Å². The van der Waals surface area contributed by atoms with E-state index in [1.165, 1.54) is 49.7 Å². The molecule has 0 spiro atoms. The SMILES string of the molecule is c1ccc(-c2cccc(-c3cccc4c3c3ccc(N(c5ccccc5)c5cccc(-c6ccccc6)c5)cc3n4-c3ccccc3)c2)cc1. The first-order chi connectivity index (χ1) is 24.8. The lowest BCUT2D eigenvalue weighted by molar-refractivity contribution is 1.18. The van der Waals surface area contributed by atoms with Crippen LogP contribution in [0.15, 0.2) is 206 Å². The van der Waals surface area contributed by atoms with Gasteiger partial charge >= 0.3 is 0 Å². The van der Waals surface area contributed by atoms with E-state index in [1.54, 1.807) is 0 Å². The zero-order chi connectivity index (χ0) is 33.3. The second-order valence-electron chi connectivity index (χ2n) is 12.6. The van der Waals surface area contributed by atoms with Crippen molar-refractivity contribution in [1.29, 1.82) is 0 Å². The van der Waals surface area contributed by atoms with Gasteiger partial charge in [0.25, 0.3) is 0 Å². The molecule has 0 bridgehead atoms. The summed E-state index contributed by atoms with van der Waals surface area (Å²) in [6, 6.07) is 74.0. The van der Waals surface area contributed by atoms with Crippen LogP contribution in [0.4, 0.5) is 17.1 Å². The van der Waals surface area contributed by atoms with Crippen LogP contribution in [0.2, 0.25) is 0 Å². The summed E-state index contributed by atoms with van der Waals surface area (Å²) < 4.78 is 2.42. The van der Waals surface area contributed by atoms with Gasteiger partial charge in [0.05, 0.1) is 11.0 Å². The highest BCUT2D eigenvalue weighted by atomic mass is 15.1. The Kier molecular flexibility index (Phi) is 7.53.